The summed E-state index contributed by atoms with van der Waals surface area (Å²) < 4.78 is 5.00. The molecular formula is C15H18O2. The minimum Gasteiger partial charge on any atom is -0.469 e. The summed E-state index contributed by atoms with van der Waals surface area (Å²) in [5.41, 5.74) is 1.31. The Morgan fingerprint density at radius 2 is 1.88 bits per heavy atom. The number of esters is 1. The Kier molecular flexibility index (Phi) is 2.65. The van der Waals surface area contributed by atoms with Gasteiger partial charge in [-0.05, 0) is 36.7 Å². The second kappa shape index (κ2) is 4.17. The molecule has 3 rings (SSSR count). The third-order valence-corrected chi connectivity index (χ3v) is 4.57. The quantitative estimate of drug-likeness (QED) is 0.730. The fourth-order valence-electron chi connectivity index (χ4n) is 3.92. The number of benzene rings is 1. The topological polar surface area (TPSA) is 26.3 Å². The standard InChI is InChI=1S/C15H18O2/c1-17-15(16)14-12-8-7-11(9-12)13(14)10-5-3-2-4-6-10/h2-6,11-14H,7-9H2,1H3/t11-,12+,13+,14+/m0/s1. The van der Waals surface area contributed by atoms with Crippen LogP contribution in [0, 0.1) is 17.8 Å². The summed E-state index contributed by atoms with van der Waals surface area (Å²) >= 11 is 0. The maximum atomic E-state index is 12.0. The molecule has 17 heavy (non-hydrogen) atoms. The van der Waals surface area contributed by atoms with Crippen molar-refractivity contribution >= 4 is 5.97 Å². The van der Waals surface area contributed by atoms with Crippen LogP contribution in [0.5, 0.6) is 0 Å². The molecule has 0 amide bonds. The van der Waals surface area contributed by atoms with E-state index in [4.69, 9.17) is 4.74 Å². The van der Waals surface area contributed by atoms with Gasteiger partial charge in [-0.2, -0.15) is 0 Å². The van der Waals surface area contributed by atoms with Crippen molar-refractivity contribution in [2.24, 2.45) is 17.8 Å². The molecule has 0 aromatic heterocycles. The maximum Gasteiger partial charge on any atom is 0.309 e. The highest BCUT2D eigenvalue weighted by atomic mass is 16.5. The first-order valence-electron chi connectivity index (χ1n) is 6.44. The van der Waals surface area contributed by atoms with Crippen LogP contribution in [0.3, 0.4) is 0 Å². The molecular weight excluding hydrogens is 212 g/mol. The summed E-state index contributed by atoms with van der Waals surface area (Å²) in [5.74, 6) is 1.72. The fourth-order valence-corrected chi connectivity index (χ4v) is 3.92. The average Bonchev–Trinajstić information content (AvgIpc) is 2.99. The van der Waals surface area contributed by atoms with Crippen LogP contribution >= 0.6 is 0 Å². The van der Waals surface area contributed by atoms with Crippen LogP contribution in [-0.2, 0) is 9.53 Å². The summed E-state index contributed by atoms with van der Waals surface area (Å²) in [7, 11) is 1.51. The Bertz CT molecular complexity index is 412. The predicted octanol–water partition coefficient (Wildman–Crippen LogP) is 2.99. The molecule has 0 aliphatic heterocycles. The summed E-state index contributed by atoms with van der Waals surface area (Å²) in [4.78, 5) is 12.0. The second-order valence-corrected chi connectivity index (χ2v) is 5.32. The zero-order valence-corrected chi connectivity index (χ0v) is 10.1. The van der Waals surface area contributed by atoms with E-state index in [1.54, 1.807) is 0 Å². The van der Waals surface area contributed by atoms with E-state index in [1.165, 1.54) is 31.9 Å². The van der Waals surface area contributed by atoms with Crippen molar-refractivity contribution in [2.45, 2.75) is 25.2 Å². The van der Waals surface area contributed by atoms with Crippen molar-refractivity contribution < 1.29 is 9.53 Å². The number of rotatable bonds is 2. The largest absolute Gasteiger partial charge is 0.469 e. The van der Waals surface area contributed by atoms with Gasteiger partial charge in [-0.15, -0.1) is 0 Å². The van der Waals surface area contributed by atoms with Gasteiger partial charge in [0.2, 0.25) is 0 Å². The van der Waals surface area contributed by atoms with Crippen molar-refractivity contribution in [3.8, 4) is 0 Å². The molecule has 0 spiro atoms. The van der Waals surface area contributed by atoms with Crippen molar-refractivity contribution in [3.05, 3.63) is 35.9 Å². The minimum atomic E-state index is -0.00828. The molecule has 0 saturated heterocycles. The summed E-state index contributed by atoms with van der Waals surface area (Å²) in [6.07, 6.45) is 3.69. The molecule has 2 saturated carbocycles. The van der Waals surface area contributed by atoms with Gasteiger partial charge in [-0.3, -0.25) is 4.79 Å². The first-order valence-corrected chi connectivity index (χ1v) is 6.44. The van der Waals surface area contributed by atoms with Gasteiger partial charge in [0.05, 0.1) is 13.0 Å². The first kappa shape index (κ1) is 10.8. The van der Waals surface area contributed by atoms with Crippen LogP contribution in [0.15, 0.2) is 30.3 Å². The second-order valence-electron chi connectivity index (χ2n) is 5.32. The number of hydrogen-bond donors (Lipinski definition) is 0. The molecule has 1 aromatic carbocycles. The van der Waals surface area contributed by atoms with Gasteiger partial charge in [-0.1, -0.05) is 30.3 Å². The zero-order chi connectivity index (χ0) is 11.8. The van der Waals surface area contributed by atoms with Gasteiger partial charge >= 0.3 is 5.97 Å². The van der Waals surface area contributed by atoms with E-state index < -0.39 is 0 Å². The molecule has 2 aliphatic rings. The smallest absolute Gasteiger partial charge is 0.309 e. The van der Waals surface area contributed by atoms with Crippen LogP contribution in [0.4, 0.5) is 0 Å². The molecule has 2 fully saturated rings. The molecule has 2 nitrogen and oxygen atoms in total. The van der Waals surface area contributed by atoms with E-state index in [9.17, 15) is 4.79 Å². The van der Waals surface area contributed by atoms with Crippen molar-refractivity contribution in [1.82, 2.24) is 0 Å². The summed E-state index contributed by atoms with van der Waals surface area (Å²) in [5, 5.41) is 0. The Morgan fingerprint density at radius 3 is 2.59 bits per heavy atom. The lowest BCUT2D eigenvalue weighted by Crippen LogP contribution is -2.29. The molecule has 2 aliphatic carbocycles. The highest BCUT2D eigenvalue weighted by molar-refractivity contribution is 5.75. The van der Waals surface area contributed by atoms with E-state index in [1.807, 2.05) is 6.07 Å². The highest BCUT2D eigenvalue weighted by Gasteiger charge is 2.51. The fraction of sp³-hybridized carbons (Fsp3) is 0.533. The molecule has 0 N–H and O–H groups in total. The molecule has 0 unspecified atom stereocenters. The zero-order valence-electron chi connectivity index (χ0n) is 10.1. The van der Waals surface area contributed by atoms with Gasteiger partial charge in [0.25, 0.3) is 0 Å². The molecule has 2 heteroatoms. The van der Waals surface area contributed by atoms with Crippen molar-refractivity contribution in [1.29, 1.82) is 0 Å². The van der Waals surface area contributed by atoms with Gasteiger partial charge in [0.15, 0.2) is 0 Å². The van der Waals surface area contributed by atoms with Gasteiger partial charge in [-0.25, -0.2) is 0 Å². The Balaban J connectivity index is 1.94. The van der Waals surface area contributed by atoms with Crippen LogP contribution < -0.4 is 0 Å². The molecule has 2 bridgehead atoms. The third-order valence-electron chi connectivity index (χ3n) is 4.57. The number of ether oxygens (including phenoxy) is 1. The van der Waals surface area contributed by atoms with E-state index >= 15 is 0 Å². The number of carbonyl (C=O) groups is 1. The Hall–Kier alpha value is -1.31. The average molecular weight is 230 g/mol. The maximum absolute atomic E-state index is 12.0. The molecule has 0 heterocycles. The van der Waals surface area contributed by atoms with Crippen LogP contribution in [-0.4, -0.2) is 13.1 Å². The van der Waals surface area contributed by atoms with Gasteiger partial charge < -0.3 is 4.74 Å². The number of carbonyl (C=O) groups excluding carboxylic acids is 1. The Labute approximate surface area is 102 Å². The van der Waals surface area contributed by atoms with E-state index in [-0.39, 0.29) is 11.9 Å². The molecule has 4 atom stereocenters. The SMILES string of the molecule is COC(=O)[C@@H]1[C@@H]2CC[C@@H](C2)[C@H]1c1ccccc1. The lowest BCUT2D eigenvalue weighted by atomic mass is 9.75. The minimum absolute atomic E-state index is 0.00828. The van der Waals surface area contributed by atoms with Crippen molar-refractivity contribution in [3.63, 3.8) is 0 Å². The van der Waals surface area contributed by atoms with E-state index in [0.29, 0.717) is 17.8 Å². The normalized spacial score (nSPS) is 34.9. The predicted molar refractivity (Wildman–Crippen MR) is 65.5 cm³/mol. The number of methoxy groups -OCH3 is 1. The van der Waals surface area contributed by atoms with Gasteiger partial charge in [0, 0.05) is 5.92 Å². The van der Waals surface area contributed by atoms with Crippen LogP contribution in [0.2, 0.25) is 0 Å². The molecule has 90 valence electrons. The summed E-state index contributed by atoms with van der Waals surface area (Å²) in [6, 6.07) is 10.5. The van der Waals surface area contributed by atoms with Crippen LogP contribution in [0.25, 0.3) is 0 Å². The third kappa shape index (κ3) is 1.67. The first-order chi connectivity index (χ1) is 8.31. The number of fused-ring (bicyclic) bond motifs is 2. The van der Waals surface area contributed by atoms with Crippen molar-refractivity contribution in [2.75, 3.05) is 7.11 Å². The Morgan fingerprint density at radius 1 is 1.18 bits per heavy atom. The summed E-state index contributed by atoms with van der Waals surface area (Å²) in [6.45, 7) is 0. The molecule has 1 aromatic rings. The lowest BCUT2D eigenvalue weighted by molar-refractivity contribution is -0.148. The monoisotopic (exact) mass is 230 g/mol. The lowest BCUT2D eigenvalue weighted by Gasteiger charge is -2.29. The highest BCUT2D eigenvalue weighted by Crippen LogP contribution is 2.56. The van der Waals surface area contributed by atoms with Gasteiger partial charge in [0.1, 0.15) is 0 Å². The van der Waals surface area contributed by atoms with Crippen LogP contribution in [0.1, 0.15) is 30.7 Å². The number of hydrogen-bond acceptors (Lipinski definition) is 2. The van der Waals surface area contributed by atoms with E-state index in [0.717, 1.165) is 0 Å². The van der Waals surface area contributed by atoms with E-state index in [2.05, 4.69) is 24.3 Å². The molecule has 0 radical (unpaired) electrons.